The van der Waals surface area contributed by atoms with Gasteiger partial charge >= 0.3 is 0 Å². The Balaban J connectivity index is 2.54. The summed E-state index contributed by atoms with van der Waals surface area (Å²) in [5.74, 6) is 0.928. The van der Waals surface area contributed by atoms with Crippen molar-refractivity contribution in [2.45, 2.75) is 31.7 Å². The molecule has 0 bridgehead atoms. The van der Waals surface area contributed by atoms with Gasteiger partial charge in [0.25, 0.3) is 0 Å². The number of hydrogen-bond donors (Lipinski definition) is 2. The van der Waals surface area contributed by atoms with E-state index >= 15 is 0 Å². The Labute approximate surface area is 120 Å². The minimum absolute atomic E-state index is 0.129. The average molecular weight is 283 g/mol. The molecule has 1 aromatic carbocycles. The molecule has 2 N–H and O–H groups in total. The first kappa shape index (κ1) is 16.3. The first-order valence-corrected chi connectivity index (χ1v) is 7.77. The number of methoxy groups -OCH3 is 1. The van der Waals surface area contributed by atoms with Crippen LogP contribution in [0.5, 0.6) is 5.75 Å². The van der Waals surface area contributed by atoms with E-state index in [9.17, 15) is 0 Å². The van der Waals surface area contributed by atoms with Gasteiger partial charge in [-0.25, -0.2) is 0 Å². The normalized spacial score (nSPS) is 11.6. The van der Waals surface area contributed by atoms with Crippen LogP contribution in [0.15, 0.2) is 23.1 Å². The number of aliphatic hydroxyl groups is 1. The van der Waals surface area contributed by atoms with Crippen LogP contribution >= 0.6 is 11.8 Å². The Morgan fingerprint density at radius 1 is 1.37 bits per heavy atom. The van der Waals surface area contributed by atoms with Gasteiger partial charge in [0.2, 0.25) is 0 Å². The molecule has 19 heavy (non-hydrogen) atoms. The minimum Gasteiger partial charge on any atom is -0.496 e. The molecule has 0 aliphatic heterocycles. The smallest absolute Gasteiger partial charge is 0.132 e. The molecular formula is C15H25NO2S. The third-order valence-electron chi connectivity index (χ3n) is 3.17. The maximum Gasteiger partial charge on any atom is 0.132 e. The lowest BCUT2D eigenvalue weighted by Crippen LogP contribution is -2.29. The van der Waals surface area contributed by atoms with Gasteiger partial charge in [-0.2, -0.15) is 0 Å². The zero-order chi connectivity index (χ0) is 14.3. The predicted octanol–water partition coefficient (Wildman–Crippen LogP) is 2.92. The Morgan fingerprint density at radius 3 is 2.68 bits per heavy atom. The van der Waals surface area contributed by atoms with E-state index in [0.29, 0.717) is 0 Å². The van der Waals surface area contributed by atoms with E-state index in [0.717, 1.165) is 30.2 Å². The zero-order valence-electron chi connectivity index (χ0n) is 12.3. The third kappa shape index (κ3) is 5.43. The fourth-order valence-corrected chi connectivity index (χ4v) is 2.55. The van der Waals surface area contributed by atoms with Gasteiger partial charge in [0.15, 0.2) is 0 Å². The Bertz CT molecular complexity index is 394. The Morgan fingerprint density at radius 2 is 2.11 bits per heavy atom. The summed E-state index contributed by atoms with van der Waals surface area (Å²) >= 11 is 1.70. The summed E-state index contributed by atoms with van der Waals surface area (Å²) in [6.45, 7) is 6.31. The van der Waals surface area contributed by atoms with Crippen LogP contribution < -0.4 is 10.1 Å². The van der Waals surface area contributed by atoms with Crippen LogP contribution in [0.25, 0.3) is 0 Å². The Kier molecular flexibility index (Phi) is 6.69. The maximum absolute atomic E-state index is 9.00. The van der Waals surface area contributed by atoms with E-state index in [-0.39, 0.29) is 12.0 Å². The van der Waals surface area contributed by atoms with E-state index < -0.39 is 0 Å². The molecule has 0 fully saturated rings. The predicted molar refractivity (Wildman–Crippen MR) is 82.0 cm³/mol. The maximum atomic E-state index is 9.00. The van der Waals surface area contributed by atoms with E-state index in [1.165, 1.54) is 5.56 Å². The number of nitrogens with one attached hydrogen (secondary N) is 1. The molecule has 1 rings (SSSR count). The van der Waals surface area contributed by atoms with Gasteiger partial charge in [-0.3, -0.25) is 0 Å². The summed E-state index contributed by atoms with van der Waals surface area (Å²) in [4.78, 5) is 1.16. The number of hydrogen-bond acceptors (Lipinski definition) is 4. The zero-order valence-corrected chi connectivity index (χ0v) is 13.1. The molecule has 4 heteroatoms. The highest BCUT2D eigenvalue weighted by Crippen LogP contribution is 2.28. The van der Waals surface area contributed by atoms with E-state index in [2.05, 4.69) is 37.6 Å². The lowest BCUT2D eigenvalue weighted by Gasteiger charge is -2.24. The molecule has 0 radical (unpaired) electrons. The van der Waals surface area contributed by atoms with Crippen LogP contribution in [-0.2, 0) is 6.54 Å². The summed E-state index contributed by atoms with van der Waals surface area (Å²) in [5, 5.41) is 12.5. The van der Waals surface area contributed by atoms with Gasteiger partial charge in [-0.05, 0) is 35.8 Å². The second-order valence-electron chi connectivity index (χ2n) is 5.43. The van der Waals surface area contributed by atoms with E-state index in [1.807, 2.05) is 6.07 Å². The molecule has 0 saturated carbocycles. The highest BCUT2D eigenvalue weighted by atomic mass is 32.2. The fourth-order valence-electron chi connectivity index (χ4n) is 1.93. The summed E-state index contributed by atoms with van der Waals surface area (Å²) in [6, 6.07) is 6.27. The van der Waals surface area contributed by atoms with Crippen LogP contribution in [0.2, 0.25) is 0 Å². The molecule has 0 aromatic heterocycles. The number of thioether (sulfide) groups is 1. The SMILES string of the molecule is COc1ccc(CNCC(C)(C)CCO)cc1SC. The van der Waals surface area contributed by atoms with Gasteiger partial charge in [-0.15, -0.1) is 11.8 Å². The standard InChI is InChI=1S/C15H25NO2S/c1-15(2,7-8-17)11-16-10-12-5-6-13(18-3)14(9-12)19-4/h5-6,9,16-17H,7-8,10-11H2,1-4H3. The van der Waals surface area contributed by atoms with E-state index in [1.54, 1.807) is 18.9 Å². The van der Waals surface area contributed by atoms with Crippen molar-refractivity contribution in [3.63, 3.8) is 0 Å². The quantitative estimate of drug-likeness (QED) is 0.720. The second kappa shape index (κ2) is 7.78. The molecule has 0 atom stereocenters. The monoisotopic (exact) mass is 283 g/mol. The highest BCUT2D eigenvalue weighted by Gasteiger charge is 2.16. The van der Waals surface area contributed by atoms with E-state index in [4.69, 9.17) is 9.84 Å². The van der Waals surface area contributed by atoms with Crippen molar-refractivity contribution in [3.8, 4) is 5.75 Å². The topological polar surface area (TPSA) is 41.5 Å². The van der Waals surface area contributed by atoms with Crippen molar-refractivity contribution >= 4 is 11.8 Å². The van der Waals surface area contributed by atoms with Gasteiger partial charge < -0.3 is 15.2 Å². The Hall–Kier alpha value is -0.710. The summed E-state index contributed by atoms with van der Waals surface area (Å²) in [6.07, 6.45) is 2.87. The minimum atomic E-state index is 0.129. The van der Waals surface area contributed by atoms with Crippen molar-refractivity contribution in [1.82, 2.24) is 5.32 Å². The highest BCUT2D eigenvalue weighted by molar-refractivity contribution is 7.98. The van der Waals surface area contributed by atoms with Gasteiger partial charge in [0.05, 0.1) is 7.11 Å². The first-order valence-electron chi connectivity index (χ1n) is 6.55. The summed E-state index contributed by atoms with van der Waals surface area (Å²) < 4.78 is 5.31. The number of rotatable bonds is 8. The fraction of sp³-hybridized carbons (Fsp3) is 0.600. The van der Waals surface area contributed by atoms with Crippen LogP contribution in [0.3, 0.4) is 0 Å². The van der Waals surface area contributed by atoms with Crippen molar-refractivity contribution in [2.75, 3.05) is 26.5 Å². The summed E-state index contributed by atoms with van der Waals surface area (Å²) in [7, 11) is 1.70. The number of benzene rings is 1. The second-order valence-corrected chi connectivity index (χ2v) is 6.28. The van der Waals surface area contributed by atoms with Gasteiger partial charge in [0, 0.05) is 24.6 Å². The van der Waals surface area contributed by atoms with Crippen molar-refractivity contribution in [1.29, 1.82) is 0 Å². The van der Waals surface area contributed by atoms with Crippen LogP contribution in [0, 0.1) is 5.41 Å². The molecule has 0 unspecified atom stereocenters. The molecule has 0 aliphatic rings. The summed E-state index contributed by atoms with van der Waals surface area (Å²) in [5.41, 5.74) is 1.38. The van der Waals surface area contributed by atoms with Crippen LogP contribution in [0.1, 0.15) is 25.8 Å². The molecule has 0 saturated heterocycles. The number of aliphatic hydroxyl groups excluding tert-OH is 1. The molecule has 3 nitrogen and oxygen atoms in total. The number of ether oxygens (including phenoxy) is 1. The molecule has 0 aliphatic carbocycles. The van der Waals surface area contributed by atoms with Crippen LogP contribution in [0.4, 0.5) is 0 Å². The third-order valence-corrected chi connectivity index (χ3v) is 3.93. The van der Waals surface area contributed by atoms with Gasteiger partial charge in [0.1, 0.15) is 5.75 Å². The molecular weight excluding hydrogens is 258 g/mol. The van der Waals surface area contributed by atoms with Gasteiger partial charge in [-0.1, -0.05) is 19.9 Å². The van der Waals surface area contributed by atoms with Crippen molar-refractivity contribution in [2.24, 2.45) is 5.41 Å². The molecule has 0 spiro atoms. The molecule has 0 amide bonds. The van der Waals surface area contributed by atoms with Crippen LogP contribution in [-0.4, -0.2) is 31.6 Å². The molecule has 108 valence electrons. The van der Waals surface area contributed by atoms with Crippen molar-refractivity contribution in [3.05, 3.63) is 23.8 Å². The largest absolute Gasteiger partial charge is 0.496 e. The average Bonchev–Trinajstić information content (AvgIpc) is 2.38. The molecule has 0 heterocycles. The first-order chi connectivity index (χ1) is 9.02. The van der Waals surface area contributed by atoms with Crippen molar-refractivity contribution < 1.29 is 9.84 Å². The molecule has 1 aromatic rings. The lowest BCUT2D eigenvalue weighted by atomic mass is 9.90. The lowest BCUT2D eigenvalue weighted by molar-refractivity contribution is 0.207.